The summed E-state index contributed by atoms with van der Waals surface area (Å²) < 4.78 is 11.1. The van der Waals surface area contributed by atoms with Crippen LogP contribution in [0, 0.1) is 23.2 Å². The van der Waals surface area contributed by atoms with E-state index >= 15 is 0 Å². The van der Waals surface area contributed by atoms with Gasteiger partial charge in [-0.05, 0) is 19.3 Å². The van der Waals surface area contributed by atoms with Crippen molar-refractivity contribution in [3.63, 3.8) is 0 Å². The van der Waals surface area contributed by atoms with E-state index in [1.54, 1.807) is 6.92 Å². The van der Waals surface area contributed by atoms with Gasteiger partial charge in [-0.25, -0.2) is 9.59 Å². The molecule has 8 heteroatoms. The Labute approximate surface area is 162 Å². The lowest BCUT2D eigenvalue weighted by Gasteiger charge is -2.55. The molecule has 2 aliphatic carbocycles. The SMILES string of the molecule is C=C(C(=O)O[C@H]1C[C@]2(C)C(C3OC(=O)C(=C)C31)[C@@H](C=O)CC[C@@H]2O)C(O)CO. The van der Waals surface area contributed by atoms with E-state index in [4.69, 9.17) is 14.6 Å². The van der Waals surface area contributed by atoms with Gasteiger partial charge in [0.15, 0.2) is 0 Å². The van der Waals surface area contributed by atoms with E-state index in [0.717, 1.165) is 6.29 Å². The first-order chi connectivity index (χ1) is 13.2. The Balaban J connectivity index is 1.95. The van der Waals surface area contributed by atoms with Crippen molar-refractivity contribution in [1.29, 1.82) is 0 Å². The molecule has 0 spiro atoms. The van der Waals surface area contributed by atoms with E-state index in [-0.39, 0.29) is 23.5 Å². The number of carbonyl (C=O) groups is 3. The van der Waals surface area contributed by atoms with Crippen LogP contribution in [0.5, 0.6) is 0 Å². The second-order valence-corrected chi connectivity index (χ2v) is 8.22. The van der Waals surface area contributed by atoms with E-state index in [1.807, 2.05) is 0 Å². The standard InChI is InChI=1S/C20H26O8/c1-9(12(23)8-22)18(25)27-13-6-20(3)14(24)5-4-11(7-21)16(20)17-15(13)10(2)19(26)28-17/h7,11-17,22-24H,1-2,4-6,8H2,3H3/t11-,12?,13+,14+,15?,16?,17?,20+/m1/s1. The third-order valence-corrected chi connectivity index (χ3v) is 6.69. The van der Waals surface area contributed by atoms with Crippen LogP contribution in [0.1, 0.15) is 26.2 Å². The van der Waals surface area contributed by atoms with E-state index in [0.29, 0.717) is 12.8 Å². The predicted molar refractivity (Wildman–Crippen MR) is 95.6 cm³/mol. The van der Waals surface area contributed by atoms with E-state index in [2.05, 4.69) is 13.2 Å². The topological polar surface area (TPSA) is 130 Å². The van der Waals surface area contributed by atoms with Crippen LogP contribution in [-0.2, 0) is 23.9 Å². The van der Waals surface area contributed by atoms with Gasteiger partial charge in [-0.1, -0.05) is 20.1 Å². The van der Waals surface area contributed by atoms with Gasteiger partial charge in [-0.3, -0.25) is 0 Å². The number of esters is 2. The molecular weight excluding hydrogens is 368 g/mol. The Morgan fingerprint density at radius 2 is 2.14 bits per heavy atom. The normalized spacial score (nSPS) is 40.7. The third-order valence-electron chi connectivity index (χ3n) is 6.69. The number of fused-ring (bicyclic) bond motifs is 3. The molecule has 3 N–H and O–H groups in total. The zero-order chi connectivity index (χ0) is 20.8. The van der Waals surface area contributed by atoms with Crippen molar-refractivity contribution < 1.29 is 39.2 Å². The molecule has 3 rings (SSSR count). The molecule has 0 amide bonds. The number of aliphatic hydroxyl groups is 3. The summed E-state index contributed by atoms with van der Waals surface area (Å²) in [5.74, 6) is -2.97. The zero-order valence-corrected chi connectivity index (χ0v) is 15.7. The highest BCUT2D eigenvalue weighted by Crippen LogP contribution is 2.58. The largest absolute Gasteiger partial charge is 0.458 e. The van der Waals surface area contributed by atoms with Crippen molar-refractivity contribution in [1.82, 2.24) is 0 Å². The summed E-state index contributed by atoms with van der Waals surface area (Å²) in [6, 6.07) is 0. The van der Waals surface area contributed by atoms with Gasteiger partial charge in [0, 0.05) is 22.8 Å². The molecular formula is C20H26O8. The summed E-state index contributed by atoms with van der Waals surface area (Å²) in [7, 11) is 0. The molecule has 0 aromatic heterocycles. The molecule has 0 bridgehead atoms. The van der Waals surface area contributed by atoms with Crippen molar-refractivity contribution in [2.75, 3.05) is 6.61 Å². The van der Waals surface area contributed by atoms with Gasteiger partial charge in [-0.2, -0.15) is 0 Å². The highest BCUT2D eigenvalue weighted by molar-refractivity contribution is 5.92. The molecule has 0 radical (unpaired) electrons. The molecule has 4 unspecified atom stereocenters. The third kappa shape index (κ3) is 3.09. The van der Waals surface area contributed by atoms with E-state index < -0.39 is 60.2 Å². The number of aldehydes is 1. The van der Waals surface area contributed by atoms with Gasteiger partial charge >= 0.3 is 11.9 Å². The Hall–Kier alpha value is -2.03. The highest BCUT2D eigenvalue weighted by atomic mass is 16.6. The average Bonchev–Trinajstić information content (AvgIpc) is 2.96. The first kappa shape index (κ1) is 20.7. The molecule has 3 fully saturated rings. The Morgan fingerprint density at radius 3 is 2.75 bits per heavy atom. The van der Waals surface area contributed by atoms with Crippen LogP contribution in [0.15, 0.2) is 24.3 Å². The number of rotatable bonds is 5. The molecule has 8 atom stereocenters. The summed E-state index contributed by atoms with van der Waals surface area (Å²) in [4.78, 5) is 36.3. The van der Waals surface area contributed by atoms with Gasteiger partial charge < -0.3 is 29.6 Å². The Kier molecular flexibility index (Phi) is 5.49. The zero-order valence-electron chi connectivity index (χ0n) is 15.7. The Morgan fingerprint density at radius 1 is 1.46 bits per heavy atom. The molecule has 28 heavy (non-hydrogen) atoms. The second kappa shape index (κ2) is 7.42. The second-order valence-electron chi connectivity index (χ2n) is 8.22. The van der Waals surface area contributed by atoms with E-state index in [9.17, 15) is 24.6 Å². The van der Waals surface area contributed by atoms with Crippen LogP contribution in [0.4, 0.5) is 0 Å². The molecule has 1 aliphatic heterocycles. The van der Waals surface area contributed by atoms with Crippen LogP contribution in [0.3, 0.4) is 0 Å². The number of hydrogen-bond acceptors (Lipinski definition) is 8. The van der Waals surface area contributed by atoms with Crippen LogP contribution in [-0.4, -0.2) is 64.6 Å². The average molecular weight is 394 g/mol. The molecule has 1 saturated heterocycles. The minimum absolute atomic E-state index is 0.155. The Bertz CT molecular complexity index is 715. The highest BCUT2D eigenvalue weighted by Gasteiger charge is 2.63. The number of aliphatic hydroxyl groups excluding tert-OH is 3. The summed E-state index contributed by atoms with van der Waals surface area (Å²) in [6.07, 6.45) is -1.85. The van der Waals surface area contributed by atoms with Crippen molar-refractivity contribution in [3.8, 4) is 0 Å². The fraction of sp³-hybridized carbons (Fsp3) is 0.650. The maximum absolute atomic E-state index is 12.4. The van der Waals surface area contributed by atoms with Gasteiger partial charge in [-0.15, -0.1) is 0 Å². The summed E-state index contributed by atoms with van der Waals surface area (Å²) in [5, 5.41) is 29.3. The maximum atomic E-state index is 12.4. The van der Waals surface area contributed by atoms with Crippen molar-refractivity contribution in [2.24, 2.45) is 23.2 Å². The van der Waals surface area contributed by atoms with Gasteiger partial charge in [0.25, 0.3) is 0 Å². The van der Waals surface area contributed by atoms with E-state index in [1.165, 1.54) is 0 Å². The lowest BCUT2D eigenvalue weighted by molar-refractivity contribution is -0.195. The molecule has 1 heterocycles. The van der Waals surface area contributed by atoms with Crippen molar-refractivity contribution >= 4 is 18.2 Å². The lowest BCUT2D eigenvalue weighted by atomic mass is 9.51. The maximum Gasteiger partial charge on any atom is 0.336 e. The summed E-state index contributed by atoms with van der Waals surface area (Å²) in [6.45, 7) is 8.35. The van der Waals surface area contributed by atoms with Gasteiger partial charge in [0.1, 0.15) is 24.6 Å². The minimum atomic E-state index is -1.46. The fourth-order valence-corrected chi connectivity index (χ4v) is 5.09. The first-order valence-corrected chi connectivity index (χ1v) is 9.37. The molecule has 2 saturated carbocycles. The van der Waals surface area contributed by atoms with Crippen molar-refractivity contribution in [2.45, 2.75) is 50.6 Å². The van der Waals surface area contributed by atoms with Crippen LogP contribution >= 0.6 is 0 Å². The quantitative estimate of drug-likeness (QED) is 0.335. The number of hydrogen-bond donors (Lipinski definition) is 3. The van der Waals surface area contributed by atoms with Crippen LogP contribution in [0.2, 0.25) is 0 Å². The molecule has 154 valence electrons. The minimum Gasteiger partial charge on any atom is -0.458 e. The first-order valence-electron chi connectivity index (χ1n) is 9.37. The molecule has 0 aromatic rings. The summed E-state index contributed by atoms with van der Waals surface area (Å²) >= 11 is 0. The summed E-state index contributed by atoms with van der Waals surface area (Å²) in [5.41, 5.74) is -0.961. The number of ether oxygens (including phenoxy) is 2. The molecule has 3 aliphatic rings. The van der Waals surface area contributed by atoms with Crippen LogP contribution < -0.4 is 0 Å². The predicted octanol–water partition coefficient (Wildman–Crippen LogP) is -0.0986. The number of carbonyl (C=O) groups excluding carboxylic acids is 3. The fourth-order valence-electron chi connectivity index (χ4n) is 5.09. The van der Waals surface area contributed by atoms with Crippen molar-refractivity contribution in [3.05, 3.63) is 24.3 Å². The molecule has 0 aromatic carbocycles. The van der Waals surface area contributed by atoms with Crippen LogP contribution in [0.25, 0.3) is 0 Å². The molecule has 8 nitrogen and oxygen atoms in total. The van der Waals surface area contributed by atoms with Gasteiger partial charge in [0.2, 0.25) is 0 Å². The van der Waals surface area contributed by atoms with Gasteiger partial charge in [0.05, 0.1) is 24.2 Å². The monoisotopic (exact) mass is 394 g/mol. The lowest BCUT2D eigenvalue weighted by Crippen LogP contribution is -2.60. The smallest absolute Gasteiger partial charge is 0.336 e.